The molecule has 3 nitrogen and oxygen atoms in total. The van der Waals surface area contributed by atoms with Crippen molar-refractivity contribution < 1.29 is 8.78 Å². The molecule has 18 heavy (non-hydrogen) atoms. The SMILES string of the molecule is Nc1cc(F)c(F)cc1-c1nc2cccnc2s1. The first-order valence-electron chi connectivity index (χ1n) is 5.11. The van der Waals surface area contributed by atoms with Crippen LogP contribution in [0, 0.1) is 11.6 Å². The smallest absolute Gasteiger partial charge is 0.160 e. The quantitative estimate of drug-likeness (QED) is 0.686. The lowest BCUT2D eigenvalue weighted by Gasteiger charge is -2.02. The Hall–Kier alpha value is -2.08. The number of rotatable bonds is 1. The van der Waals surface area contributed by atoms with E-state index in [0.29, 0.717) is 16.1 Å². The predicted molar refractivity (Wildman–Crippen MR) is 67.2 cm³/mol. The molecule has 0 saturated heterocycles. The van der Waals surface area contributed by atoms with Gasteiger partial charge in [-0.3, -0.25) is 0 Å². The van der Waals surface area contributed by atoms with Crippen LogP contribution in [0.15, 0.2) is 30.5 Å². The van der Waals surface area contributed by atoms with Crippen LogP contribution in [-0.4, -0.2) is 9.97 Å². The van der Waals surface area contributed by atoms with Crippen LogP contribution >= 0.6 is 11.3 Å². The number of hydrogen-bond donors (Lipinski definition) is 1. The van der Waals surface area contributed by atoms with Gasteiger partial charge in [0.05, 0.1) is 0 Å². The standard InChI is InChI=1S/C12H7F2N3S/c13-7-4-6(9(15)5-8(7)14)11-17-10-2-1-3-16-12(10)18-11/h1-5H,15H2. The normalized spacial score (nSPS) is 11.0. The summed E-state index contributed by atoms with van der Waals surface area (Å²) in [7, 11) is 0. The van der Waals surface area contributed by atoms with Crippen LogP contribution in [0.4, 0.5) is 14.5 Å². The third-order valence-corrected chi connectivity index (χ3v) is 3.50. The molecule has 0 fully saturated rings. The molecule has 0 aliphatic rings. The molecule has 90 valence electrons. The van der Waals surface area contributed by atoms with E-state index in [1.54, 1.807) is 18.3 Å². The molecule has 0 unspecified atom stereocenters. The molecule has 0 bridgehead atoms. The van der Waals surface area contributed by atoms with Crippen molar-refractivity contribution >= 4 is 27.4 Å². The van der Waals surface area contributed by atoms with Gasteiger partial charge in [0.2, 0.25) is 0 Å². The van der Waals surface area contributed by atoms with Gasteiger partial charge in [0, 0.05) is 23.5 Å². The Labute approximate surface area is 105 Å². The lowest BCUT2D eigenvalue weighted by molar-refractivity contribution is 0.509. The lowest BCUT2D eigenvalue weighted by Crippen LogP contribution is -1.94. The Kier molecular flexibility index (Phi) is 2.45. The zero-order valence-corrected chi connectivity index (χ0v) is 9.84. The van der Waals surface area contributed by atoms with Gasteiger partial charge in [-0.2, -0.15) is 0 Å². The van der Waals surface area contributed by atoms with Crippen LogP contribution < -0.4 is 5.73 Å². The highest BCUT2D eigenvalue weighted by atomic mass is 32.1. The Balaban J connectivity index is 2.22. The Bertz CT molecular complexity index is 706. The second-order valence-corrected chi connectivity index (χ2v) is 4.68. The second-order valence-electron chi connectivity index (χ2n) is 3.70. The van der Waals surface area contributed by atoms with E-state index in [-0.39, 0.29) is 5.69 Å². The molecule has 1 aromatic carbocycles. The van der Waals surface area contributed by atoms with Crippen LogP contribution in [0.3, 0.4) is 0 Å². The third-order valence-electron chi connectivity index (χ3n) is 2.49. The van der Waals surface area contributed by atoms with Crippen molar-refractivity contribution in [3.63, 3.8) is 0 Å². The minimum absolute atomic E-state index is 0.160. The maximum Gasteiger partial charge on any atom is 0.160 e. The van der Waals surface area contributed by atoms with Gasteiger partial charge in [-0.25, -0.2) is 18.7 Å². The Morgan fingerprint density at radius 2 is 1.94 bits per heavy atom. The van der Waals surface area contributed by atoms with E-state index >= 15 is 0 Å². The fourth-order valence-electron chi connectivity index (χ4n) is 1.63. The Morgan fingerprint density at radius 3 is 2.72 bits per heavy atom. The van der Waals surface area contributed by atoms with Crippen molar-refractivity contribution in [1.29, 1.82) is 0 Å². The third kappa shape index (κ3) is 1.70. The number of nitrogens with two attached hydrogens (primary N) is 1. The monoisotopic (exact) mass is 263 g/mol. The van der Waals surface area contributed by atoms with Crippen molar-refractivity contribution in [2.75, 3.05) is 5.73 Å². The molecule has 0 radical (unpaired) electrons. The van der Waals surface area contributed by atoms with Crippen molar-refractivity contribution in [3.8, 4) is 10.6 Å². The van der Waals surface area contributed by atoms with Crippen LogP contribution in [-0.2, 0) is 0 Å². The maximum absolute atomic E-state index is 13.2. The summed E-state index contributed by atoms with van der Waals surface area (Å²) < 4.78 is 26.2. The largest absolute Gasteiger partial charge is 0.398 e. The summed E-state index contributed by atoms with van der Waals surface area (Å²) in [5.41, 5.74) is 6.94. The van der Waals surface area contributed by atoms with Crippen LogP contribution in [0.25, 0.3) is 20.9 Å². The number of benzene rings is 1. The van der Waals surface area contributed by atoms with Crippen molar-refractivity contribution in [2.24, 2.45) is 0 Å². The molecule has 0 amide bonds. The molecule has 2 N–H and O–H groups in total. The van der Waals surface area contributed by atoms with E-state index in [2.05, 4.69) is 9.97 Å². The number of nitrogens with zero attached hydrogens (tertiary/aromatic N) is 2. The Morgan fingerprint density at radius 1 is 1.17 bits per heavy atom. The first-order chi connectivity index (χ1) is 8.65. The van der Waals surface area contributed by atoms with E-state index < -0.39 is 11.6 Å². The molecule has 3 rings (SSSR count). The molecule has 0 aliphatic carbocycles. The summed E-state index contributed by atoms with van der Waals surface area (Å²) in [6, 6.07) is 5.59. The summed E-state index contributed by atoms with van der Waals surface area (Å²) in [6.07, 6.45) is 1.65. The summed E-state index contributed by atoms with van der Waals surface area (Å²) in [6.45, 7) is 0. The van der Waals surface area contributed by atoms with E-state index in [9.17, 15) is 8.78 Å². The van der Waals surface area contributed by atoms with E-state index in [1.807, 2.05) is 0 Å². The fraction of sp³-hybridized carbons (Fsp3) is 0. The maximum atomic E-state index is 13.2. The molecular formula is C12H7F2N3S. The minimum atomic E-state index is -0.963. The first kappa shape index (κ1) is 11.0. The number of aromatic nitrogens is 2. The van der Waals surface area contributed by atoms with Gasteiger partial charge in [0.1, 0.15) is 15.4 Å². The highest BCUT2D eigenvalue weighted by molar-refractivity contribution is 7.21. The summed E-state index contributed by atoms with van der Waals surface area (Å²) in [4.78, 5) is 9.18. The van der Waals surface area contributed by atoms with Gasteiger partial charge in [0.15, 0.2) is 11.6 Å². The fourth-order valence-corrected chi connectivity index (χ4v) is 2.58. The van der Waals surface area contributed by atoms with Crippen molar-refractivity contribution in [2.45, 2.75) is 0 Å². The van der Waals surface area contributed by atoms with E-state index in [1.165, 1.54) is 11.3 Å². The van der Waals surface area contributed by atoms with Crippen molar-refractivity contribution in [3.05, 3.63) is 42.1 Å². The molecule has 2 aromatic heterocycles. The average molecular weight is 263 g/mol. The summed E-state index contributed by atoms with van der Waals surface area (Å²) in [5.74, 6) is -1.90. The van der Waals surface area contributed by atoms with E-state index in [0.717, 1.165) is 17.0 Å². The summed E-state index contributed by atoms with van der Waals surface area (Å²) in [5, 5.41) is 0.528. The number of nitrogen functional groups attached to an aromatic ring is 1. The number of fused-ring (bicyclic) bond motifs is 1. The molecule has 0 aliphatic heterocycles. The van der Waals surface area contributed by atoms with Gasteiger partial charge >= 0.3 is 0 Å². The molecule has 0 atom stereocenters. The van der Waals surface area contributed by atoms with Gasteiger partial charge < -0.3 is 5.73 Å². The zero-order valence-electron chi connectivity index (χ0n) is 9.02. The molecule has 3 aromatic rings. The topological polar surface area (TPSA) is 51.8 Å². The second kappa shape index (κ2) is 3.99. The molecule has 0 saturated carbocycles. The minimum Gasteiger partial charge on any atom is -0.398 e. The number of halogens is 2. The molecule has 2 heterocycles. The van der Waals surface area contributed by atoms with E-state index in [4.69, 9.17) is 5.73 Å². The van der Waals surface area contributed by atoms with Crippen LogP contribution in [0.1, 0.15) is 0 Å². The molecule has 6 heteroatoms. The average Bonchev–Trinajstić information content (AvgIpc) is 2.77. The van der Waals surface area contributed by atoms with Crippen molar-refractivity contribution in [1.82, 2.24) is 9.97 Å². The highest BCUT2D eigenvalue weighted by Crippen LogP contribution is 2.33. The molecular weight excluding hydrogens is 256 g/mol. The number of hydrogen-bond acceptors (Lipinski definition) is 4. The van der Waals surface area contributed by atoms with Crippen LogP contribution in [0.2, 0.25) is 0 Å². The first-order valence-corrected chi connectivity index (χ1v) is 5.93. The highest BCUT2D eigenvalue weighted by Gasteiger charge is 2.13. The van der Waals surface area contributed by atoms with Gasteiger partial charge in [0.25, 0.3) is 0 Å². The number of thiazole rings is 1. The zero-order chi connectivity index (χ0) is 12.7. The van der Waals surface area contributed by atoms with Gasteiger partial charge in [-0.15, -0.1) is 0 Å². The van der Waals surface area contributed by atoms with Gasteiger partial charge in [-0.05, 0) is 18.2 Å². The predicted octanol–water partition coefficient (Wildman–Crippen LogP) is 3.22. The van der Waals surface area contributed by atoms with Crippen LogP contribution in [0.5, 0.6) is 0 Å². The number of anilines is 1. The van der Waals surface area contributed by atoms with Gasteiger partial charge in [-0.1, -0.05) is 11.3 Å². The summed E-state index contributed by atoms with van der Waals surface area (Å²) >= 11 is 1.29. The molecule has 0 spiro atoms. The number of pyridine rings is 1. The lowest BCUT2D eigenvalue weighted by atomic mass is 10.2.